The van der Waals surface area contributed by atoms with Crippen molar-refractivity contribution in [3.63, 3.8) is 0 Å². The van der Waals surface area contributed by atoms with E-state index in [0.29, 0.717) is 31.0 Å². The molecule has 10 heteroatoms. The van der Waals surface area contributed by atoms with E-state index in [0.717, 1.165) is 15.9 Å². The van der Waals surface area contributed by atoms with Crippen molar-refractivity contribution < 1.29 is 18.0 Å². The molecule has 0 spiro atoms. The van der Waals surface area contributed by atoms with E-state index >= 15 is 0 Å². The number of amides is 2. The summed E-state index contributed by atoms with van der Waals surface area (Å²) in [6.07, 6.45) is 0. The Labute approximate surface area is 190 Å². The zero-order valence-electron chi connectivity index (χ0n) is 17.7. The van der Waals surface area contributed by atoms with Gasteiger partial charge in [-0.2, -0.15) is 4.99 Å². The summed E-state index contributed by atoms with van der Waals surface area (Å²) in [6.45, 7) is 2.15. The fraction of sp³-hybridized carbons (Fsp3) is 0.318. The highest BCUT2D eigenvalue weighted by atomic mass is 32.2. The summed E-state index contributed by atoms with van der Waals surface area (Å²) in [4.78, 5) is 33.0. The third-order valence-electron chi connectivity index (χ3n) is 5.38. The number of hydrogen-bond acceptors (Lipinski definition) is 6. The minimum atomic E-state index is -3.91. The van der Waals surface area contributed by atoms with E-state index in [4.69, 9.17) is 0 Å². The van der Waals surface area contributed by atoms with Gasteiger partial charge in [0.05, 0.1) is 10.2 Å². The number of hydrogen-bond donors (Lipinski definition) is 0. The first-order valence-corrected chi connectivity index (χ1v) is 12.9. The third kappa shape index (κ3) is 5.08. The van der Waals surface area contributed by atoms with Crippen molar-refractivity contribution >= 4 is 48.9 Å². The summed E-state index contributed by atoms with van der Waals surface area (Å²) in [5.41, 5.74) is 1.99. The maximum atomic E-state index is 12.6. The number of rotatable bonds is 5. The van der Waals surface area contributed by atoms with Crippen LogP contribution in [0.3, 0.4) is 0 Å². The van der Waals surface area contributed by atoms with Crippen LogP contribution in [0.1, 0.15) is 0 Å². The molecule has 1 aromatic heterocycles. The number of fused-ring (bicyclic) bond motifs is 1. The Morgan fingerprint density at radius 2 is 1.59 bits per heavy atom. The number of thiazole rings is 1. The van der Waals surface area contributed by atoms with Crippen LogP contribution in [0.25, 0.3) is 10.2 Å². The van der Waals surface area contributed by atoms with E-state index in [1.54, 1.807) is 16.5 Å². The number of carbonyl (C=O) groups excluding carboxylic acids is 2. The second-order valence-electron chi connectivity index (χ2n) is 7.65. The number of anilines is 1. The van der Waals surface area contributed by atoms with E-state index in [2.05, 4.69) is 9.89 Å². The van der Waals surface area contributed by atoms with Gasteiger partial charge in [0.1, 0.15) is 11.5 Å². The predicted octanol–water partition coefficient (Wildman–Crippen LogP) is 1.43. The molecule has 1 saturated heterocycles. The zero-order valence-corrected chi connectivity index (χ0v) is 19.3. The second kappa shape index (κ2) is 9.25. The van der Waals surface area contributed by atoms with Crippen LogP contribution in [0.4, 0.5) is 5.69 Å². The molecule has 8 nitrogen and oxygen atoms in total. The van der Waals surface area contributed by atoms with Gasteiger partial charge in [0.15, 0.2) is 14.6 Å². The van der Waals surface area contributed by atoms with E-state index in [1.807, 2.05) is 54.6 Å². The topological polar surface area (TPSA) is 92.0 Å². The van der Waals surface area contributed by atoms with Crippen LogP contribution in [-0.4, -0.2) is 67.4 Å². The average Bonchev–Trinajstić information content (AvgIpc) is 3.09. The lowest BCUT2D eigenvalue weighted by molar-refractivity contribution is -0.128. The molecule has 2 heterocycles. The monoisotopic (exact) mass is 472 g/mol. The van der Waals surface area contributed by atoms with Crippen molar-refractivity contribution in [2.24, 2.45) is 12.0 Å². The van der Waals surface area contributed by atoms with Crippen LogP contribution < -0.4 is 9.70 Å². The van der Waals surface area contributed by atoms with E-state index in [1.165, 1.54) is 11.3 Å². The molecule has 0 N–H and O–H groups in total. The minimum absolute atomic E-state index is 0.426. The van der Waals surface area contributed by atoms with Crippen molar-refractivity contribution in [1.29, 1.82) is 0 Å². The SMILES string of the molecule is Cn1c(=NC(=O)CS(=O)(=O)CC(=O)N2CCN(c3ccccc3)CC2)sc2ccccc21. The second-order valence-corrected chi connectivity index (χ2v) is 10.7. The maximum absolute atomic E-state index is 12.6. The van der Waals surface area contributed by atoms with Gasteiger partial charge in [-0.25, -0.2) is 8.42 Å². The first-order valence-electron chi connectivity index (χ1n) is 10.2. The number of nitrogens with zero attached hydrogens (tertiary/aromatic N) is 4. The molecule has 4 rings (SSSR count). The summed E-state index contributed by atoms with van der Waals surface area (Å²) in [5.74, 6) is -2.71. The molecular weight excluding hydrogens is 448 g/mol. The molecule has 0 radical (unpaired) electrons. The summed E-state index contributed by atoms with van der Waals surface area (Å²) in [5, 5.41) is 0. The molecular formula is C22H24N4O4S2. The Morgan fingerprint density at radius 3 is 2.28 bits per heavy atom. The van der Waals surface area contributed by atoms with Crippen molar-refractivity contribution in [2.45, 2.75) is 0 Å². The Hall–Kier alpha value is -2.98. The lowest BCUT2D eigenvalue weighted by atomic mass is 10.2. The van der Waals surface area contributed by atoms with Crippen molar-refractivity contribution in [3.8, 4) is 0 Å². The Bertz CT molecular complexity index is 1300. The molecule has 2 aromatic carbocycles. The van der Waals surface area contributed by atoms with Crippen molar-refractivity contribution in [1.82, 2.24) is 9.47 Å². The molecule has 3 aromatic rings. The summed E-state index contributed by atoms with van der Waals surface area (Å²) >= 11 is 1.31. The van der Waals surface area contributed by atoms with E-state index in [-0.39, 0.29) is 0 Å². The van der Waals surface area contributed by atoms with Crippen LogP contribution in [0, 0.1) is 0 Å². The predicted molar refractivity (Wildman–Crippen MR) is 125 cm³/mol. The van der Waals surface area contributed by atoms with Gasteiger partial charge in [0.2, 0.25) is 5.91 Å². The number of benzene rings is 2. The molecule has 0 bridgehead atoms. The van der Waals surface area contributed by atoms with Gasteiger partial charge in [-0.05, 0) is 24.3 Å². The standard InChI is InChI=1S/C22H24N4O4S2/c1-24-18-9-5-6-10-19(18)31-22(24)23-20(27)15-32(29,30)16-21(28)26-13-11-25(12-14-26)17-7-3-2-4-8-17/h2-10H,11-16H2,1H3. The molecule has 1 aliphatic heterocycles. The first kappa shape index (κ1) is 22.2. The molecule has 0 aliphatic carbocycles. The zero-order chi connectivity index (χ0) is 22.7. The number of aryl methyl sites for hydroxylation is 1. The smallest absolute Gasteiger partial charge is 0.263 e. The normalized spacial score (nSPS) is 15.3. The minimum Gasteiger partial charge on any atom is -0.368 e. The molecule has 32 heavy (non-hydrogen) atoms. The van der Waals surface area contributed by atoms with Gasteiger partial charge in [-0.1, -0.05) is 41.7 Å². The third-order valence-corrected chi connectivity index (χ3v) is 7.86. The average molecular weight is 473 g/mol. The molecule has 0 atom stereocenters. The van der Waals surface area contributed by atoms with Crippen LogP contribution in [0.2, 0.25) is 0 Å². The molecule has 0 unspecified atom stereocenters. The highest BCUT2D eigenvalue weighted by molar-refractivity contribution is 7.92. The van der Waals surface area contributed by atoms with E-state index < -0.39 is 33.2 Å². The van der Waals surface area contributed by atoms with Gasteiger partial charge in [0.25, 0.3) is 5.91 Å². The maximum Gasteiger partial charge on any atom is 0.263 e. The number of carbonyl (C=O) groups is 2. The van der Waals surface area contributed by atoms with Crippen molar-refractivity contribution in [2.75, 3.05) is 42.6 Å². The van der Waals surface area contributed by atoms with Gasteiger partial charge >= 0.3 is 0 Å². The Morgan fingerprint density at radius 1 is 0.938 bits per heavy atom. The number of sulfone groups is 1. The largest absolute Gasteiger partial charge is 0.368 e. The Kier molecular flexibility index (Phi) is 6.43. The van der Waals surface area contributed by atoms with Crippen molar-refractivity contribution in [3.05, 3.63) is 59.4 Å². The van der Waals surface area contributed by atoms with Crippen LogP contribution in [0.15, 0.2) is 59.6 Å². The van der Waals surface area contributed by atoms with Crippen LogP contribution in [0.5, 0.6) is 0 Å². The molecule has 0 saturated carbocycles. The van der Waals surface area contributed by atoms with Crippen LogP contribution in [-0.2, 0) is 26.5 Å². The number of aromatic nitrogens is 1. The first-order chi connectivity index (χ1) is 15.3. The lowest BCUT2D eigenvalue weighted by Crippen LogP contribution is -2.50. The quantitative estimate of drug-likeness (QED) is 0.560. The molecule has 168 valence electrons. The molecule has 1 fully saturated rings. The van der Waals surface area contributed by atoms with Gasteiger partial charge in [-0.15, -0.1) is 0 Å². The molecule has 1 aliphatic rings. The number of para-hydroxylation sites is 2. The van der Waals surface area contributed by atoms with Gasteiger partial charge < -0.3 is 14.4 Å². The number of piperazine rings is 1. The fourth-order valence-electron chi connectivity index (χ4n) is 3.70. The summed E-state index contributed by atoms with van der Waals surface area (Å²) < 4.78 is 27.7. The Balaban J connectivity index is 1.36. The van der Waals surface area contributed by atoms with E-state index in [9.17, 15) is 18.0 Å². The highest BCUT2D eigenvalue weighted by Crippen LogP contribution is 2.16. The van der Waals surface area contributed by atoms with Gasteiger partial charge in [-0.3, -0.25) is 9.59 Å². The lowest BCUT2D eigenvalue weighted by Gasteiger charge is -2.36. The van der Waals surface area contributed by atoms with Gasteiger partial charge in [0, 0.05) is 38.9 Å². The highest BCUT2D eigenvalue weighted by Gasteiger charge is 2.27. The van der Waals surface area contributed by atoms with Crippen LogP contribution >= 0.6 is 11.3 Å². The fourth-order valence-corrected chi connectivity index (χ4v) is 5.84. The molecule has 2 amide bonds. The summed E-state index contributed by atoms with van der Waals surface area (Å²) in [6, 6.07) is 17.5. The summed E-state index contributed by atoms with van der Waals surface area (Å²) in [7, 11) is -2.13.